The van der Waals surface area contributed by atoms with Gasteiger partial charge in [0, 0.05) is 17.6 Å². The molecule has 0 saturated carbocycles. The number of carboxylic acid groups (broad SMARTS) is 1. The van der Waals surface area contributed by atoms with Crippen LogP contribution in [0.3, 0.4) is 0 Å². The summed E-state index contributed by atoms with van der Waals surface area (Å²) in [4.78, 5) is 31.0. The van der Waals surface area contributed by atoms with Gasteiger partial charge in [-0.3, -0.25) is 14.7 Å². The van der Waals surface area contributed by atoms with E-state index in [9.17, 15) is 14.7 Å². The van der Waals surface area contributed by atoms with Gasteiger partial charge in [-0.15, -0.1) is 11.8 Å². The lowest BCUT2D eigenvalue weighted by Gasteiger charge is -2.56. The number of aliphatic carboxylic acids is 1. The van der Waals surface area contributed by atoms with Gasteiger partial charge in [0.2, 0.25) is 14.9 Å². The van der Waals surface area contributed by atoms with E-state index in [0.29, 0.717) is 9.99 Å². The minimum absolute atomic E-state index is 0.118. The Kier molecular flexibility index (Phi) is 6.76. The number of thioether (sulfide) groups is 2. The quantitative estimate of drug-likeness (QED) is 0.455. The number of hydrogen-bond acceptors (Lipinski definition) is 6. The van der Waals surface area contributed by atoms with E-state index in [0.717, 1.165) is 12.1 Å². The Bertz CT molecular complexity index is 856. The zero-order valence-corrected chi connectivity index (χ0v) is 20.9. The normalized spacial score (nSPS) is 23.4. The topological polar surface area (TPSA) is 79.7 Å². The number of pyridine rings is 1. The van der Waals surface area contributed by atoms with Gasteiger partial charge in [0.25, 0.3) is 0 Å². The Balaban J connectivity index is 1.79. The standard InChI is InChI=1S/C21H29N2O4S2Si/c1-20(2,3)21(4,27-30(5)6)14-16(24)23-15(18(25)26)19(29-17(14)23)28-12-10-13-9-7-8-11-22-13/h7-9,11,14,17H,10,12H2,1-6H3,(H,25,26)/t14-,17-,21+/m1/s1. The fraction of sp³-hybridized carbons (Fsp3) is 0.571. The number of amides is 1. The molecule has 2 aliphatic heterocycles. The number of carboxylic acids is 1. The SMILES string of the molecule is C[Si](C)O[C@@](C)([C@@H]1C(=O)N2C(C(=O)O)=C(SCCc3ccccn3)S[C@H]12)C(C)(C)C. The van der Waals surface area contributed by atoms with Crippen molar-refractivity contribution in [3.05, 3.63) is 40.0 Å². The predicted molar refractivity (Wildman–Crippen MR) is 123 cm³/mol. The van der Waals surface area contributed by atoms with Crippen LogP contribution in [-0.4, -0.2) is 52.6 Å². The van der Waals surface area contributed by atoms with E-state index < -0.39 is 20.6 Å². The number of aromatic nitrogens is 1. The zero-order chi connectivity index (χ0) is 22.3. The first kappa shape index (κ1) is 23.4. The van der Waals surface area contributed by atoms with Gasteiger partial charge in [0.15, 0.2) is 5.70 Å². The Morgan fingerprint density at radius 2 is 2.03 bits per heavy atom. The van der Waals surface area contributed by atoms with Crippen molar-refractivity contribution in [1.82, 2.24) is 9.88 Å². The summed E-state index contributed by atoms with van der Waals surface area (Å²) in [6, 6.07) is 5.78. The zero-order valence-electron chi connectivity index (χ0n) is 18.3. The molecule has 3 atom stereocenters. The van der Waals surface area contributed by atoms with Crippen LogP contribution in [0.25, 0.3) is 0 Å². The number of fused-ring (bicyclic) bond motifs is 1. The lowest BCUT2D eigenvalue weighted by Crippen LogP contribution is -2.69. The first-order chi connectivity index (χ1) is 14.0. The molecule has 1 N–H and O–H groups in total. The van der Waals surface area contributed by atoms with Crippen LogP contribution in [0.15, 0.2) is 34.3 Å². The summed E-state index contributed by atoms with van der Waals surface area (Å²) in [5.74, 6) is -0.859. The van der Waals surface area contributed by atoms with Crippen LogP contribution < -0.4 is 0 Å². The van der Waals surface area contributed by atoms with Crippen molar-refractivity contribution in [2.24, 2.45) is 11.3 Å². The molecule has 30 heavy (non-hydrogen) atoms. The second kappa shape index (κ2) is 8.68. The third-order valence-electron chi connectivity index (χ3n) is 5.72. The molecule has 9 heteroatoms. The average Bonchev–Trinajstić information content (AvgIpc) is 2.95. The van der Waals surface area contributed by atoms with Crippen LogP contribution >= 0.6 is 23.5 Å². The van der Waals surface area contributed by atoms with Crippen molar-refractivity contribution in [2.45, 2.75) is 58.2 Å². The average molecular weight is 466 g/mol. The van der Waals surface area contributed by atoms with Crippen molar-refractivity contribution in [3.8, 4) is 0 Å². The maximum atomic E-state index is 13.2. The van der Waals surface area contributed by atoms with Crippen LogP contribution in [0.4, 0.5) is 0 Å². The molecule has 1 aromatic heterocycles. The summed E-state index contributed by atoms with van der Waals surface area (Å²) in [5.41, 5.74) is 0.164. The number of hydrogen-bond donors (Lipinski definition) is 1. The Hall–Kier alpha value is -1.29. The van der Waals surface area contributed by atoms with E-state index in [-0.39, 0.29) is 28.3 Å². The third-order valence-corrected chi connectivity index (χ3v) is 9.19. The molecule has 3 rings (SSSR count). The molecule has 3 heterocycles. The first-order valence-electron chi connectivity index (χ1n) is 9.96. The largest absolute Gasteiger partial charge is 0.477 e. The van der Waals surface area contributed by atoms with Crippen molar-refractivity contribution in [1.29, 1.82) is 0 Å². The summed E-state index contributed by atoms with van der Waals surface area (Å²) in [7, 11) is -1.05. The maximum absolute atomic E-state index is 13.2. The number of nitrogens with zero attached hydrogens (tertiary/aromatic N) is 2. The van der Waals surface area contributed by atoms with Gasteiger partial charge in [-0.25, -0.2) is 4.79 Å². The molecule has 0 spiro atoms. The monoisotopic (exact) mass is 465 g/mol. The van der Waals surface area contributed by atoms with E-state index in [1.807, 2.05) is 25.1 Å². The predicted octanol–water partition coefficient (Wildman–Crippen LogP) is 4.21. The molecule has 1 aromatic rings. The molecule has 0 aromatic carbocycles. The highest BCUT2D eigenvalue weighted by Gasteiger charge is 2.65. The van der Waals surface area contributed by atoms with Crippen molar-refractivity contribution in [2.75, 3.05) is 5.75 Å². The Labute approximate surface area is 188 Å². The summed E-state index contributed by atoms with van der Waals surface area (Å²) in [5, 5.41) is 9.59. The highest BCUT2D eigenvalue weighted by molar-refractivity contribution is 8.22. The summed E-state index contributed by atoms with van der Waals surface area (Å²) in [6.07, 6.45) is 2.50. The Morgan fingerprint density at radius 1 is 1.33 bits per heavy atom. The van der Waals surface area contributed by atoms with E-state index in [2.05, 4.69) is 38.8 Å². The first-order valence-corrected chi connectivity index (χ1v) is 14.2. The molecular formula is C21H29N2O4S2Si. The maximum Gasteiger partial charge on any atom is 0.354 e. The van der Waals surface area contributed by atoms with Crippen LogP contribution in [-0.2, 0) is 20.4 Å². The van der Waals surface area contributed by atoms with Gasteiger partial charge in [-0.05, 0) is 44.0 Å². The van der Waals surface area contributed by atoms with Gasteiger partial charge in [-0.1, -0.05) is 38.6 Å². The molecule has 163 valence electrons. The van der Waals surface area contributed by atoms with E-state index in [1.165, 1.54) is 28.4 Å². The number of rotatable bonds is 8. The van der Waals surface area contributed by atoms with Crippen LogP contribution in [0.1, 0.15) is 33.4 Å². The van der Waals surface area contributed by atoms with Crippen molar-refractivity contribution < 1.29 is 19.1 Å². The number of aryl methyl sites for hydroxylation is 1. The fourth-order valence-electron chi connectivity index (χ4n) is 3.79. The van der Waals surface area contributed by atoms with E-state index in [1.54, 1.807) is 6.20 Å². The number of β-lactam (4-membered cyclic amide) rings is 1. The molecule has 1 amide bonds. The second-order valence-corrected chi connectivity index (χ2v) is 13.4. The van der Waals surface area contributed by atoms with Gasteiger partial charge in [-0.2, -0.15) is 0 Å². The van der Waals surface area contributed by atoms with Crippen LogP contribution in [0.2, 0.25) is 13.1 Å². The van der Waals surface area contributed by atoms with Gasteiger partial charge in [0.05, 0.1) is 15.8 Å². The highest BCUT2D eigenvalue weighted by atomic mass is 32.2. The van der Waals surface area contributed by atoms with Crippen LogP contribution in [0, 0.1) is 11.3 Å². The number of carbonyl (C=O) groups is 2. The summed E-state index contributed by atoms with van der Waals surface area (Å²) < 4.78 is 7.12. The molecule has 0 aliphatic carbocycles. The molecule has 2 aliphatic rings. The lowest BCUT2D eigenvalue weighted by molar-refractivity contribution is -0.173. The van der Waals surface area contributed by atoms with E-state index >= 15 is 0 Å². The van der Waals surface area contributed by atoms with E-state index in [4.69, 9.17) is 4.43 Å². The third kappa shape index (κ3) is 4.22. The Morgan fingerprint density at radius 3 is 2.57 bits per heavy atom. The minimum atomic E-state index is -1.05. The smallest absolute Gasteiger partial charge is 0.354 e. The molecule has 1 radical (unpaired) electrons. The molecule has 0 bridgehead atoms. The molecule has 0 unspecified atom stereocenters. The molecule has 1 fully saturated rings. The van der Waals surface area contributed by atoms with Gasteiger partial charge >= 0.3 is 5.97 Å². The number of carbonyl (C=O) groups excluding carboxylic acids is 1. The van der Waals surface area contributed by atoms with Crippen molar-refractivity contribution in [3.63, 3.8) is 0 Å². The minimum Gasteiger partial charge on any atom is -0.477 e. The summed E-state index contributed by atoms with van der Waals surface area (Å²) >= 11 is 2.98. The fourth-order valence-corrected chi connectivity index (χ4v) is 8.05. The van der Waals surface area contributed by atoms with Crippen LogP contribution in [0.5, 0.6) is 0 Å². The highest BCUT2D eigenvalue weighted by Crippen LogP contribution is 2.58. The summed E-state index contributed by atoms with van der Waals surface area (Å²) in [6.45, 7) is 12.4. The second-order valence-electron chi connectivity index (χ2n) is 8.92. The molecular weight excluding hydrogens is 436 g/mol. The lowest BCUT2D eigenvalue weighted by atomic mass is 9.66. The van der Waals surface area contributed by atoms with Gasteiger partial charge < -0.3 is 9.53 Å². The molecule has 6 nitrogen and oxygen atoms in total. The molecule has 1 saturated heterocycles. The van der Waals surface area contributed by atoms with Crippen molar-refractivity contribution >= 4 is 44.4 Å². The van der Waals surface area contributed by atoms with Gasteiger partial charge in [0.1, 0.15) is 5.37 Å².